The number of aromatic carboxylic acids is 1. The molecule has 0 saturated heterocycles. The van der Waals surface area contributed by atoms with Gasteiger partial charge in [-0.05, 0) is 30.7 Å². The van der Waals surface area contributed by atoms with Gasteiger partial charge in [-0.2, -0.15) is 0 Å². The normalized spacial score (nSPS) is 9.73. The predicted molar refractivity (Wildman–Crippen MR) is 61.7 cm³/mol. The topological polar surface area (TPSA) is 46.5 Å². The van der Waals surface area contributed by atoms with Crippen molar-refractivity contribution in [2.24, 2.45) is 0 Å². The Hall–Kier alpha value is -1.29. The standard InChI is InChI=1S/C11H11BrO3/c1-7-5-9(11(13)14)3-4-10(7)15-6-8(2)12/h3-5H,2,6H2,1H3,(H,13,14). The van der Waals surface area contributed by atoms with E-state index in [0.717, 1.165) is 10.0 Å². The SMILES string of the molecule is C=C(Br)COc1ccc(C(=O)O)cc1C. The van der Waals surface area contributed by atoms with E-state index >= 15 is 0 Å². The molecule has 15 heavy (non-hydrogen) atoms. The third-order valence-electron chi connectivity index (χ3n) is 1.81. The Bertz CT molecular complexity index is 399. The van der Waals surface area contributed by atoms with Gasteiger partial charge in [0.1, 0.15) is 12.4 Å². The maximum Gasteiger partial charge on any atom is 0.335 e. The van der Waals surface area contributed by atoms with E-state index in [4.69, 9.17) is 9.84 Å². The van der Waals surface area contributed by atoms with Crippen LogP contribution < -0.4 is 4.74 Å². The van der Waals surface area contributed by atoms with Crippen molar-refractivity contribution >= 4 is 21.9 Å². The first-order valence-corrected chi connectivity index (χ1v) is 5.10. The molecule has 0 fully saturated rings. The third-order valence-corrected chi connectivity index (χ3v) is 2.04. The van der Waals surface area contributed by atoms with Crippen LogP contribution in [0.15, 0.2) is 29.3 Å². The molecule has 1 aromatic carbocycles. The quantitative estimate of drug-likeness (QED) is 0.915. The molecule has 0 saturated carbocycles. The summed E-state index contributed by atoms with van der Waals surface area (Å²) in [5.74, 6) is -0.268. The van der Waals surface area contributed by atoms with Crippen LogP contribution in [0.4, 0.5) is 0 Å². The zero-order valence-corrected chi connectivity index (χ0v) is 9.87. The van der Waals surface area contributed by atoms with E-state index in [1.807, 2.05) is 0 Å². The summed E-state index contributed by atoms with van der Waals surface area (Å²) in [6, 6.07) is 4.74. The van der Waals surface area contributed by atoms with Crippen molar-refractivity contribution in [2.45, 2.75) is 6.92 Å². The fourth-order valence-electron chi connectivity index (χ4n) is 1.10. The smallest absolute Gasteiger partial charge is 0.335 e. The lowest BCUT2D eigenvalue weighted by atomic mass is 10.1. The Balaban J connectivity index is 2.83. The van der Waals surface area contributed by atoms with Crippen molar-refractivity contribution in [3.05, 3.63) is 40.4 Å². The maximum absolute atomic E-state index is 10.7. The summed E-state index contributed by atoms with van der Waals surface area (Å²) < 4.78 is 6.13. The number of hydrogen-bond acceptors (Lipinski definition) is 2. The molecule has 0 aliphatic rings. The molecule has 0 atom stereocenters. The van der Waals surface area contributed by atoms with E-state index in [0.29, 0.717) is 12.4 Å². The molecule has 80 valence electrons. The van der Waals surface area contributed by atoms with Gasteiger partial charge in [0, 0.05) is 4.48 Å². The van der Waals surface area contributed by atoms with E-state index in [1.165, 1.54) is 6.07 Å². The molecule has 1 aromatic rings. The van der Waals surface area contributed by atoms with Crippen molar-refractivity contribution in [1.82, 2.24) is 0 Å². The molecular formula is C11H11BrO3. The Morgan fingerprint density at radius 3 is 2.73 bits per heavy atom. The average Bonchev–Trinajstić information content (AvgIpc) is 2.15. The Morgan fingerprint density at radius 2 is 2.27 bits per heavy atom. The lowest BCUT2D eigenvalue weighted by Crippen LogP contribution is -2.01. The van der Waals surface area contributed by atoms with E-state index in [-0.39, 0.29) is 5.56 Å². The number of halogens is 1. The maximum atomic E-state index is 10.7. The lowest BCUT2D eigenvalue weighted by Gasteiger charge is -2.08. The number of aryl methyl sites for hydroxylation is 1. The van der Waals surface area contributed by atoms with Gasteiger partial charge in [0.25, 0.3) is 0 Å². The van der Waals surface area contributed by atoms with Crippen LogP contribution in [0.3, 0.4) is 0 Å². The molecule has 3 nitrogen and oxygen atoms in total. The summed E-state index contributed by atoms with van der Waals surface area (Å²) in [7, 11) is 0. The minimum absolute atomic E-state index is 0.262. The van der Waals surface area contributed by atoms with E-state index < -0.39 is 5.97 Å². The van der Waals surface area contributed by atoms with Gasteiger partial charge in [-0.1, -0.05) is 22.5 Å². The van der Waals surface area contributed by atoms with Crippen LogP contribution in [-0.2, 0) is 0 Å². The predicted octanol–water partition coefficient (Wildman–Crippen LogP) is 2.98. The molecule has 0 aliphatic heterocycles. The van der Waals surface area contributed by atoms with Gasteiger partial charge in [0.05, 0.1) is 5.56 Å². The van der Waals surface area contributed by atoms with Crippen LogP contribution in [0.25, 0.3) is 0 Å². The first-order chi connectivity index (χ1) is 7.00. The Kier molecular flexibility index (Phi) is 3.91. The molecule has 0 unspecified atom stereocenters. The van der Waals surface area contributed by atoms with E-state index in [1.54, 1.807) is 19.1 Å². The van der Waals surface area contributed by atoms with Gasteiger partial charge in [0.2, 0.25) is 0 Å². The van der Waals surface area contributed by atoms with Crippen LogP contribution in [-0.4, -0.2) is 17.7 Å². The van der Waals surface area contributed by atoms with Crippen molar-refractivity contribution in [2.75, 3.05) is 6.61 Å². The van der Waals surface area contributed by atoms with Gasteiger partial charge in [-0.15, -0.1) is 0 Å². The Labute approximate surface area is 96.5 Å². The highest BCUT2D eigenvalue weighted by Crippen LogP contribution is 2.20. The number of carboxylic acid groups (broad SMARTS) is 1. The van der Waals surface area contributed by atoms with Gasteiger partial charge < -0.3 is 9.84 Å². The summed E-state index contributed by atoms with van der Waals surface area (Å²) in [4.78, 5) is 10.7. The summed E-state index contributed by atoms with van der Waals surface area (Å²) in [5.41, 5.74) is 1.06. The van der Waals surface area contributed by atoms with Gasteiger partial charge in [0.15, 0.2) is 0 Å². The van der Waals surface area contributed by atoms with Crippen molar-refractivity contribution in [1.29, 1.82) is 0 Å². The molecule has 0 aromatic heterocycles. The van der Waals surface area contributed by atoms with Crippen molar-refractivity contribution < 1.29 is 14.6 Å². The van der Waals surface area contributed by atoms with Crippen molar-refractivity contribution in [3.8, 4) is 5.75 Å². The van der Waals surface area contributed by atoms with Gasteiger partial charge in [-0.25, -0.2) is 4.79 Å². The zero-order chi connectivity index (χ0) is 11.4. The van der Waals surface area contributed by atoms with Crippen LogP contribution in [0.1, 0.15) is 15.9 Å². The highest BCUT2D eigenvalue weighted by Gasteiger charge is 2.06. The van der Waals surface area contributed by atoms with Gasteiger partial charge in [-0.3, -0.25) is 0 Å². The minimum atomic E-state index is -0.936. The third kappa shape index (κ3) is 3.40. The second kappa shape index (κ2) is 4.98. The molecule has 1 rings (SSSR count). The first kappa shape index (κ1) is 11.8. The number of rotatable bonds is 4. The van der Waals surface area contributed by atoms with Crippen molar-refractivity contribution in [3.63, 3.8) is 0 Å². The fourth-order valence-corrected chi connectivity index (χ4v) is 1.21. The summed E-state index contributed by atoms with van der Waals surface area (Å²) in [6.45, 7) is 5.82. The minimum Gasteiger partial charge on any atom is -0.488 e. The highest BCUT2D eigenvalue weighted by molar-refractivity contribution is 9.11. The van der Waals surface area contributed by atoms with Crippen LogP contribution in [0.2, 0.25) is 0 Å². The Morgan fingerprint density at radius 1 is 1.60 bits per heavy atom. The highest BCUT2D eigenvalue weighted by atomic mass is 79.9. The van der Waals surface area contributed by atoms with Crippen LogP contribution >= 0.6 is 15.9 Å². The molecule has 0 radical (unpaired) electrons. The number of carbonyl (C=O) groups is 1. The molecule has 0 bridgehead atoms. The zero-order valence-electron chi connectivity index (χ0n) is 8.29. The second-order valence-corrected chi connectivity index (χ2v) is 4.21. The number of benzene rings is 1. The summed E-state index contributed by atoms with van der Waals surface area (Å²) >= 11 is 3.18. The largest absolute Gasteiger partial charge is 0.488 e. The average molecular weight is 271 g/mol. The number of ether oxygens (including phenoxy) is 1. The second-order valence-electron chi connectivity index (χ2n) is 3.09. The summed E-state index contributed by atoms with van der Waals surface area (Å²) in [5, 5.41) is 8.76. The fraction of sp³-hybridized carbons (Fsp3) is 0.182. The summed E-state index contributed by atoms with van der Waals surface area (Å²) in [6.07, 6.45) is 0. The molecular weight excluding hydrogens is 260 g/mol. The van der Waals surface area contributed by atoms with Crippen LogP contribution in [0.5, 0.6) is 5.75 Å². The van der Waals surface area contributed by atoms with E-state index in [9.17, 15) is 4.79 Å². The van der Waals surface area contributed by atoms with E-state index in [2.05, 4.69) is 22.5 Å². The molecule has 0 spiro atoms. The molecule has 0 amide bonds. The van der Waals surface area contributed by atoms with Gasteiger partial charge >= 0.3 is 5.97 Å². The molecule has 0 aliphatic carbocycles. The lowest BCUT2D eigenvalue weighted by molar-refractivity contribution is 0.0696. The molecule has 4 heteroatoms. The first-order valence-electron chi connectivity index (χ1n) is 4.30. The molecule has 0 heterocycles. The molecule has 1 N–H and O–H groups in total. The number of hydrogen-bond donors (Lipinski definition) is 1. The number of carboxylic acids is 1. The monoisotopic (exact) mass is 270 g/mol. The van der Waals surface area contributed by atoms with Crippen LogP contribution in [0, 0.1) is 6.92 Å².